The van der Waals surface area contributed by atoms with Gasteiger partial charge in [-0.15, -0.1) is 0 Å². The number of likely N-dealkylation sites (tertiary alicyclic amines) is 1. The first-order chi connectivity index (χ1) is 24.8. The zero-order chi connectivity index (χ0) is 37.7. The lowest BCUT2D eigenvalue weighted by Gasteiger charge is -2.53. The van der Waals surface area contributed by atoms with Crippen LogP contribution in [0.2, 0.25) is 18.1 Å². The van der Waals surface area contributed by atoms with Crippen LogP contribution in [0.25, 0.3) is 0 Å². The third-order valence-electron chi connectivity index (χ3n) is 10.3. The predicted molar refractivity (Wildman–Crippen MR) is 215 cm³/mol. The fraction of sp³-hybridized carbons (Fsp3) is 0.302. The summed E-state index contributed by atoms with van der Waals surface area (Å²) in [6.07, 6.45) is 0.963. The SMILES string of the molecule is C=CCOC(=O)C(N1C(=O)[C@H]([C@@H](C)O[Si](C)(C)C(C)(C)C)[C@H]1CC(=O)c1cccc(OC)c1)=P(c1ccccc1)(c1ccccc1)c1ccccc1. The van der Waals surface area contributed by atoms with Crippen LogP contribution in [0, 0.1) is 5.92 Å². The summed E-state index contributed by atoms with van der Waals surface area (Å²) in [6, 6.07) is 35.9. The number of amides is 1. The van der Waals surface area contributed by atoms with Crippen molar-refractivity contribution in [2.24, 2.45) is 5.92 Å². The minimum atomic E-state index is -3.16. The van der Waals surface area contributed by atoms with Gasteiger partial charge >= 0.3 is 5.97 Å². The van der Waals surface area contributed by atoms with E-state index in [4.69, 9.17) is 13.9 Å². The summed E-state index contributed by atoms with van der Waals surface area (Å²) in [5.41, 5.74) is 0.684. The maximum absolute atomic E-state index is 15.0. The van der Waals surface area contributed by atoms with Crippen LogP contribution in [0.3, 0.4) is 0 Å². The van der Waals surface area contributed by atoms with Gasteiger partial charge in [-0.3, -0.25) is 9.59 Å². The van der Waals surface area contributed by atoms with E-state index in [1.807, 2.05) is 97.9 Å². The van der Waals surface area contributed by atoms with E-state index in [2.05, 4.69) is 40.4 Å². The largest absolute Gasteiger partial charge is 0.497 e. The van der Waals surface area contributed by atoms with Crippen molar-refractivity contribution >= 4 is 54.2 Å². The first-order valence-electron chi connectivity index (χ1n) is 17.7. The number of methoxy groups -OCH3 is 1. The van der Waals surface area contributed by atoms with E-state index in [-0.39, 0.29) is 35.2 Å². The van der Waals surface area contributed by atoms with Gasteiger partial charge < -0.3 is 18.8 Å². The summed E-state index contributed by atoms with van der Waals surface area (Å²) in [7, 11) is -0.789. The molecule has 0 aliphatic carbocycles. The quantitative estimate of drug-likeness (QED) is 0.0337. The summed E-state index contributed by atoms with van der Waals surface area (Å²) in [5, 5.41) is 2.51. The molecule has 0 aromatic heterocycles. The molecule has 4 aromatic rings. The summed E-state index contributed by atoms with van der Waals surface area (Å²) in [5.74, 6) is -1.20. The second-order valence-electron chi connectivity index (χ2n) is 14.6. The van der Waals surface area contributed by atoms with Crippen molar-refractivity contribution < 1.29 is 28.3 Å². The maximum Gasteiger partial charge on any atom is 0.356 e. The van der Waals surface area contributed by atoms with E-state index in [1.165, 1.54) is 6.08 Å². The molecule has 4 aromatic carbocycles. The van der Waals surface area contributed by atoms with E-state index >= 15 is 4.79 Å². The maximum atomic E-state index is 15.0. The van der Waals surface area contributed by atoms with Crippen LogP contribution >= 0.6 is 6.89 Å². The van der Waals surface area contributed by atoms with E-state index < -0.39 is 39.2 Å². The molecular weight excluding hydrogens is 686 g/mol. The van der Waals surface area contributed by atoms with Crippen molar-refractivity contribution in [3.05, 3.63) is 133 Å². The third-order valence-corrected chi connectivity index (χ3v) is 19.2. The molecule has 1 fully saturated rings. The van der Waals surface area contributed by atoms with Gasteiger partial charge in [0.2, 0.25) is 5.91 Å². The Balaban J connectivity index is 1.83. The van der Waals surface area contributed by atoms with Gasteiger partial charge in [0.25, 0.3) is 0 Å². The molecule has 7 nitrogen and oxygen atoms in total. The summed E-state index contributed by atoms with van der Waals surface area (Å²) in [6.45, 7) is 13.3. The van der Waals surface area contributed by atoms with E-state index in [1.54, 1.807) is 36.3 Å². The Morgan fingerprint density at radius 1 is 0.865 bits per heavy atom. The van der Waals surface area contributed by atoms with Crippen molar-refractivity contribution in [2.45, 2.75) is 64.4 Å². The van der Waals surface area contributed by atoms with E-state index in [0.717, 1.165) is 15.9 Å². The highest BCUT2D eigenvalue weighted by Gasteiger charge is 2.57. The number of Topliss-reactive ketones (excluding diaryl/α,β-unsaturated/α-hetero) is 1. The van der Waals surface area contributed by atoms with E-state index in [0.29, 0.717) is 11.3 Å². The lowest BCUT2D eigenvalue weighted by molar-refractivity contribution is -0.156. The molecule has 5 rings (SSSR count). The van der Waals surface area contributed by atoms with Crippen LogP contribution in [0.5, 0.6) is 5.75 Å². The van der Waals surface area contributed by atoms with Crippen LogP contribution in [-0.2, 0) is 18.8 Å². The number of carbonyl (C=O) groups excluding carboxylic acids is 3. The molecular formula is C43H50NO6PSi. The van der Waals surface area contributed by atoms with Crippen LogP contribution < -0.4 is 20.7 Å². The molecule has 0 unspecified atom stereocenters. The van der Waals surface area contributed by atoms with Gasteiger partial charge in [0.15, 0.2) is 14.1 Å². The Morgan fingerprint density at radius 2 is 1.38 bits per heavy atom. The Kier molecular flexibility index (Phi) is 11.9. The molecule has 1 aliphatic heterocycles. The van der Waals surface area contributed by atoms with Gasteiger partial charge in [-0.05, 0) is 53.1 Å². The van der Waals surface area contributed by atoms with Crippen LogP contribution in [0.4, 0.5) is 0 Å². The third kappa shape index (κ3) is 7.52. The Hall–Kier alpha value is -4.49. The van der Waals surface area contributed by atoms with Crippen LogP contribution in [-0.4, -0.2) is 62.2 Å². The molecule has 1 amide bonds. The van der Waals surface area contributed by atoms with Gasteiger partial charge in [-0.1, -0.05) is 137 Å². The Bertz CT molecular complexity index is 1850. The van der Waals surface area contributed by atoms with Gasteiger partial charge in [-0.2, -0.15) is 0 Å². The average Bonchev–Trinajstić information content (AvgIpc) is 3.14. The number of ketones is 1. The number of nitrogens with zero attached hydrogens (tertiary/aromatic N) is 1. The van der Waals surface area contributed by atoms with Crippen molar-refractivity contribution in [3.8, 4) is 5.75 Å². The molecule has 1 heterocycles. The zero-order valence-corrected chi connectivity index (χ0v) is 33.1. The topological polar surface area (TPSA) is 82.1 Å². The average molecular weight is 736 g/mol. The number of ether oxygens (including phenoxy) is 2. The standard InChI is InChI=1S/C43H50NO6PSi/c1-9-28-49-42(47)41(51(34-22-13-10-14-23-34,35-24-15-11-16-25-35)36-26-17-12-18-27-36)44-37(30-38(45)32-20-19-21-33(29-32)48-6)39(40(44)46)31(2)50-52(7,8)43(3,4)5/h9-27,29,31,37,39H,1,28,30H2,2-8H3/t31-,37-,39-/m1/s1. The predicted octanol–water partition coefficient (Wildman–Crippen LogP) is 7.36. The van der Waals surface area contributed by atoms with Crippen molar-refractivity contribution in [2.75, 3.05) is 13.7 Å². The number of β-lactam (4-membered cyclic amide) rings is 1. The molecule has 9 heteroatoms. The summed E-state index contributed by atoms with van der Waals surface area (Å²) >= 11 is 0. The Morgan fingerprint density at radius 3 is 1.85 bits per heavy atom. The monoisotopic (exact) mass is 735 g/mol. The Labute approximate surface area is 309 Å². The molecule has 0 radical (unpaired) electrons. The zero-order valence-electron chi connectivity index (χ0n) is 31.2. The minimum absolute atomic E-state index is 0.0363. The lowest BCUT2D eigenvalue weighted by atomic mass is 9.79. The second kappa shape index (κ2) is 16.0. The highest BCUT2D eigenvalue weighted by atomic mass is 31.2. The van der Waals surface area contributed by atoms with Crippen molar-refractivity contribution in [1.82, 2.24) is 4.90 Å². The number of hydrogen-bond acceptors (Lipinski definition) is 6. The summed E-state index contributed by atoms with van der Waals surface area (Å²) < 4.78 is 18.2. The molecule has 3 atom stereocenters. The highest BCUT2D eigenvalue weighted by Crippen LogP contribution is 2.50. The van der Waals surface area contributed by atoms with Crippen molar-refractivity contribution in [1.29, 1.82) is 0 Å². The first-order valence-corrected chi connectivity index (χ1v) is 22.4. The lowest BCUT2D eigenvalue weighted by Crippen LogP contribution is -2.69. The molecule has 0 saturated carbocycles. The highest BCUT2D eigenvalue weighted by molar-refractivity contribution is 7.96. The minimum Gasteiger partial charge on any atom is -0.497 e. The molecule has 272 valence electrons. The van der Waals surface area contributed by atoms with Crippen LogP contribution in [0.1, 0.15) is 44.5 Å². The smallest absolute Gasteiger partial charge is 0.356 e. The number of carbonyl (C=O) groups is 3. The first kappa shape index (κ1) is 38.7. The molecule has 1 saturated heterocycles. The number of hydrogen-bond donors (Lipinski definition) is 0. The summed E-state index contributed by atoms with van der Waals surface area (Å²) in [4.78, 5) is 45.7. The van der Waals surface area contributed by atoms with Crippen molar-refractivity contribution in [3.63, 3.8) is 0 Å². The van der Waals surface area contributed by atoms with Gasteiger partial charge in [0, 0.05) is 18.9 Å². The van der Waals surface area contributed by atoms with Gasteiger partial charge in [0.05, 0.1) is 25.2 Å². The van der Waals surface area contributed by atoms with Crippen LogP contribution in [0.15, 0.2) is 128 Å². The molecule has 0 bridgehead atoms. The molecule has 1 aliphatic rings. The molecule has 0 spiro atoms. The number of esters is 1. The molecule has 0 N–H and O–H groups in total. The fourth-order valence-corrected chi connectivity index (χ4v) is 12.6. The number of rotatable bonds is 14. The van der Waals surface area contributed by atoms with E-state index in [9.17, 15) is 9.59 Å². The normalized spacial score (nSPS) is 16.8. The second-order valence-corrected chi connectivity index (χ2v) is 22.7. The number of benzene rings is 4. The fourth-order valence-electron chi connectivity index (χ4n) is 6.74. The van der Waals surface area contributed by atoms with Gasteiger partial charge in [0.1, 0.15) is 17.8 Å². The molecule has 52 heavy (non-hydrogen) atoms. The van der Waals surface area contributed by atoms with Gasteiger partial charge in [-0.25, -0.2) is 4.79 Å².